The van der Waals surface area contributed by atoms with Crippen molar-refractivity contribution in [3.8, 4) is 0 Å². The highest BCUT2D eigenvalue weighted by atomic mass is 79.9. The summed E-state index contributed by atoms with van der Waals surface area (Å²) in [4.78, 5) is 27.5. The predicted molar refractivity (Wildman–Crippen MR) is 123 cm³/mol. The van der Waals surface area contributed by atoms with Gasteiger partial charge < -0.3 is 9.64 Å². The molecular weight excluding hydrogens is 466 g/mol. The Hall–Kier alpha value is -1.85. The van der Waals surface area contributed by atoms with Gasteiger partial charge in [0.05, 0.1) is 12.5 Å². The van der Waals surface area contributed by atoms with E-state index in [0.717, 1.165) is 21.2 Å². The summed E-state index contributed by atoms with van der Waals surface area (Å²) < 4.78 is 6.11. The summed E-state index contributed by atoms with van der Waals surface area (Å²) in [6, 6.07) is 13.8. The van der Waals surface area contributed by atoms with Crippen LogP contribution in [-0.2, 0) is 14.3 Å². The van der Waals surface area contributed by atoms with Crippen molar-refractivity contribution in [3.05, 3.63) is 68.7 Å². The first-order valence-corrected chi connectivity index (χ1v) is 11.5. The van der Waals surface area contributed by atoms with Crippen molar-refractivity contribution in [1.29, 1.82) is 0 Å². The lowest BCUT2D eigenvalue weighted by Crippen LogP contribution is -2.40. The topological polar surface area (TPSA) is 46.6 Å². The first-order chi connectivity index (χ1) is 14.3. The fourth-order valence-electron chi connectivity index (χ4n) is 4.15. The molecule has 0 spiro atoms. The number of hydrogen-bond acceptors (Lipinski definition) is 3. The molecule has 0 saturated heterocycles. The minimum atomic E-state index is -0.385. The van der Waals surface area contributed by atoms with Crippen molar-refractivity contribution in [2.75, 3.05) is 19.7 Å². The van der Waals surface area contributed by atoms with Crippen LogP contribution in [0.5, 0.6) is 0 Å². The average Bonchev–Trinajstić information content (AvgIpc) is 2.79. The Kier molecular flexibility index (Phi) is 7.59. The van der Waals surface area contributed by atoms with Gasteiger partial charge in [-0.2, -0.15) is 0 Å². The first kappa shape index (κ1) is 22.8. The maximum absolute atomic E-state index is 13.6. The van der Waals surface area contributed by atoms with Gasteiger partial charge in [0.1, 0.15) is 6.54 Å². The van der Waals surface area contributed by atoms with Gasteiger partial charge in [0, 0.05) is 22.0 Å². The summed E-state index contributed by atoms with van der Waals surface area (Å²) >= 11 is 10.1. The van der Waals surface area contributed by atoms with Crippen LogP contribution in [0.25, 0.3) is 0 Å². The smallest absolute Gasteiger partial charge is 0.325 e. The summed E-state index contributed by atoms with van der Waals surface area (Å²) in [6.07, 6.45) is 0.704. The SMILES string of the molecule is CCOC(=O)CN1CC(c2ccccc2Br)c2cc(Cl)ccc2C(CC(C)C)C1=O. The molecule has 0 aliphatic carbocycles. The van der Waals surface area contributed by atoms with E-state index in [0.29, 0.717) is 30.5 Å². The van der Waals surface area contributed by atoms with Crippen LogP contribution in [0, 0.1) is 5.92 Å². The normalized spacial score (nSPS) is 18.9. The minimum absolute atomic E-state index is 0.0325. The Labute approximate surface area is 191 Å². The van der Waals surface area contributed by atoms with E-state index in [-0.39, 0.29) is 30.3 Å². The fourth-order valence-corrected chi connectivity index (χ4v) is 4.90. The van der Waals surface area contributed by atoms with E-state index < -0.39 is 0 Å². The zero-order valence-electron chi connectivity index (χ0n) is 17.5. The Morgan fingerprint density at radius 3 is 2.60 bits per heavy atom. The molecule has 0 saturated carbocycles. The number of carbonyl (C=O) groups excluding carboxylic acids is 2. The number of benzene rings is 2. The van der Waals surface area contributed by atoms with Gasteiger partial charge >= 0.3 is 5.97 Å². The second-order valence-electron chi connectivity index (χ2n) is 8.05. The molecule has 4 nitrogen and oxygen atoms in total. The Morgan fingerprint density at radius 2 is 1.93 bits per heavy atom. The van der Waals surface area contributed by atoms with Crippen LogP contribution in [0.4, 0.5) is 0 Å². The van der Waals surface area contributed by atoms with Crippen LogP contribution >= 0.6 is 27.5 Å². The molecule has 1 aliphatic heterocycles. The van der Waals surface area contributed by atoms with E-state index >= 15 is 0 Å². The quantitative estimate of drug-likeness (QED) is 0.481. The van der Waals surface area contributed by atoms with Crippen LogP contribution in [-0.4, -0.2) is 36.5 Å². The number of ether oxygens (including phenoxy) is 1. The summed E-state index contributed by atoms with van der Waals surface area (Å²) in [5.41, 5.74) is 3.10. The Morgan fingerprint density at radius 1 is 1.20 bits per heavy atom. The van der Waals surface area contributed by atoms with Gasteiger partial charge in [-0.05, 0) is 54.2 Å². The number of fused-ring (bicyclic) bond motifs is 1. The van der Waals surface area contributed by atoms with E-state index in [1.165, 1.54) is 0 Å². The lowest BCUT2D eigenvalue weighted by molar-refractivity contribution is -0.149. The molecule has 2 aromatic rings. The number of halogens is 2. The molecular formula is C24H27BrClNO3. The summed E-state index contributed by atoms with van der Waals surface area (Å²) in [5.74, 6) is -0.519. The van der Waals surface area contributed by atoms with Crippen molar-refractivity contribution in [2.45, 2.75) is 39.0 Å². The molecule has 30 heavy (non-hydrogen) atoms. The van der Waals surface area contributed by atoms with Crippen LogP contribution < -0.4 is 0 Å². The van der Waals surface area contributed by atoms with Gasteiger partial charge in [0.15, 0.2) is 0 Å². The van der Waals surface area contributed by atoms with E-state index in [1.54, 1.807) is 11.8 Å². The third-order valence-corrected chi connectivity index (χ3v) is 6.38. The molecule has 1 aliphatic rings. The molecule has 160 valence electrons. The third kappa shape index (κ3) is 5.06. The highest BCUT2D eigenvalue weighted by Crippen LogP contribution is 2.41. The minimum Gasteiger partial charge on any atom is -0.465 e. The van der Waals surface area contributed by atoms with Gasteiger partial charge in [-0.1, -0.05) is 65.6 Å². The van der Waals surface area contributed by atoms with Crippen molar-refractivity contribution in [3.63, 3.8) is 0 Å². The van der Waals surface area contributed by atoms with Crippen molar-refractivity contribution in [1.82, 2.24) is 4.90 Å². The molecule has 0 fully saturated rings. The summed E-state index contributed by atoms with van der Waals surface area (Å²) in [6.45, 7) is 6.61. The van der Waals surface area contributed by atoms with Crippen LogP contribution in [0.2, 0.25) is 5.02 Å². The molecule has 3 rings (SSSR count). The largest absolute Gasteiger partial charge is 0.465 e. The molecule has 0 bridgehead atoms. The van der Waals surface area contributed by atoms with Crippen LogP contribution in [0.15, 0.2) is 46.9 Å². The van der Waals surface area contributed by atoms with Crippen molar-refractivity contribution < 1.29 is 14.3 Å². The number of amides is 1. The monoisotopic (exact) mass is 491 g/mol. The lowest BCUT2D eigenvalue weighted by Gasteiger charge is -2.26. The molecule has 0 aromatic heterocycles. The number of esters is 1. The Balaban J connectivity index is 2.15. The van der Waals surface area contributed by atoms with Crippen molar-refractivity contribution in [2.24, 2.45) is 5.92 Å². The van der Waals surface area contributed by atoms with Gasteiger partial charge in [-0.25, -0.2) is 0 Å². The number of carbonyl (C=O) groups is 2. The van der Waals surface area contributed by atoms with E-state index in [9.17, 15) is 9.59 Å². The average molecular weight is 493 g/mol. The molecule has 2 aromatic carbocycles. The maximum Gasteiger partial charge on any atom is 0.325 e. The lowest BCUT2D eigenvalue weighted by atomic mass is 9.82. The van der Waals surface area contributed by atoms with Gasteiger partial charge in [0.25, 0.3) is 0 Å². The number of hydrogen-bond donors (Lipinski definition) is 0. The second kappa shape index (κ2) is 9.97. The highest BCUT2D eigenvalue weighted by molar-refractivity contribution is 9.10. The van der Waals surface area contributed by atoms with Gasteiger partial charge in [0.2, 0.25) is 5.91 Å². The summed E-state index contributed by atoms with van der Waals surface area (Å²) in [5, 5.41) is 0.639. The van der Waals surface area contributed by atoms with Crippen LogP contribution in [0.3, 0.4) is 0 Å². The molecule has 6 heteroatoms. The fraction of sp³-hybridized carbons (Fsp3) is 0.417. The molecule has 2 unspecified atom stereocenters. The third-order valence-electron chi connectivity index (χ3n) is 5.43. The number of rotatable bonds is 6. The van der Waals surface area contributed by atoms with E-state index in [2.05, 4.69) is 35.8 Å². The first-order valence-electron chi connectivity index (χ1n) is 10.3. The molecule has 1 heterocycles. The summed E-state index contributed by atoms with van der Waals surface area (Å²) in [7, 11) is 0. The zero-order chi connectivity index (χ0) is 21.8. The van der Waals surface area contributed by atoms with Crippen LogP contribution in [0.1, 0.15) is 55.7 Å². The second-order valence-corrected chi connectivity index (χ2v) is 9.34. The Bertz CT molecular complexity index is 930. The highest BCUT2D eigenvalue weighted by Gasteiger charge is 2.37. The standard InChI is InChI=1S/C24H27BrClNO3/c1-4-30-23(28)14-27-13-21(18-7-5-6-8-22(18)25)19-12-16(26)9-10-17(19)20(24(27)29)11-15(2)3/h5-10,12,15,20-21H,4,11,13-14H2,1-3H3. The van der Waals surface area contributed by atoms with Gasteiger partial charge in [-0.15, -0.1) is 0 Å². The van der Waals surface area contributed by atoms with E-state index in [1.807, 2.05) is 36.4 Å². The molecule has 2 atom stereocenters. The van der Waals surface area contributed by atoms with Crippen molar-refractivity contribution >= 4 is 39.4 Å². The molecule has 0 radical (unpaired) electrons. The van der Waals surface area contributed by atoms with E-state index in [4.69, 9.17) is 16.3 Å². The predicted octanol–water partition coefficient (Wildman–Crippen LogP) is 5.77. The zero-order valence-corrected chi connectivity index (χ0v) is 19.9. The number of nitrogens with zero attached hydrogens (tertiary/aromatic N) is 1. The molecule has 1 amide bonds. The molecule has 0 N–H and O–H groups in total. The maximum atomic E-state index is 13.6. The van der Waals surface area contributed by atoms with Gasteiger partial charge in [-0.3, -0.25) is 9.59 Å².